The van der Waals surface area contributed by atoms with Crippen LogP contribution in [0, 0.1) is 0 Å². The van der Waals surface area contributed by atoms with Gasteiger partial charge in [0, 0.05) is 33.2 Å². The van der Waals surface area contributed by atoms with E-state index in [1.54, 1.807) is 0 Å². The zero-order valence-electron chi connectivity index (χ0n) is 28.8. The lowest BCUT2D eigenvalue weighted by molar-refractivity contribution is 1.07. The Morgan fingerprint density at radius 1 is 0.302 bits per heavy atom. The second-order valence-corrected chi connectivity index (χ2v) is 13.3. The molecule has 0 fully saturated rings. The molecule has 0 atom stereocenters. The molecule has 53 heavy (non-hydrogen) atoms. The molecule has 4 heteroatoms. The first-order valence-electron chi connectivity index (χ1n) is 17.9. The summed E-state index contributed by atoms with van der Waals surface area (Å²) in [5.41, 5.74) is 10.9. The van der Waals surface area contributed by atoms with Crippen LogP contribution in [-0.4, -0.2) is 19.5 Å². The van der Waals surface area contributed by atoms with Crippen LogP contribution < -0.4 is 0 Å². The first-order chi connectivity index (χ1) is 26.3. The minimum atomic E-state index is 0.632. The van der Waals surface area contributed by atoms with Crippen LogP contribution in [0.25, 0.3) is 94.7 Å². The van der Waals surface area contributed by atoms with E-state index in [0.29, 0.717) is 17.5 Å². The van der Waals surface area contributed by atoms with Gasteiger partial charge < -0.3 is 4.57 Å². The van der Waals surface area contributed by atoms with Gasteiger partial charge in [-0.25, -0.2) is 15.0 Å². The van der Waals surface area contributed by atoms with Crippen molar-refractivity contribution in [2.24, 2.45) is 0 Å². The lowest BCUT2D eigenvalue weighted by Crippen LogP contribution is -2.00. The number of benzene rings is 8. The lowest BCUT2D eigenvalue weighted by atomic mass is 9.97. The fourth-order valence-corrected chi connectivity index (χ4v) is 7.51. The van der Waals surface area contributed by atoms with E-state index in [9.17, 15) is 0 Å². The predicted octanol–water partition coefficient (Wildman–Crippen LogP) is 12.5. The molecule has 0 aliphatic rings. The molecule has 4 nitrogen and oxygen atoms in total. The topological polar surface area (TPSA) is 43.6 Å². The largest absolute Gasteiger partial charge is 0.309 e. The summed E-state index contributed by atoms with van der Waals surface area (Å²) in [6, 6.07) is 68.1. The lowest BCUT2D eigenvalue weighted by Gasteiger charge is -2.12. The number of rotatable bonds is 6. The van der Waals surface area contributed by atoms with E-state index in [4.69, 9.17) is 15.0 Å². The van der Waals surface area contributed by atoms with Crippen LogP contribution in [0.4, 0.5) is 0 Å². The molecule has 248 valence electrons. The summed E-state index contributed by atoms with van der Waals surface area (Å²) in [5, 5.41) is 4.82. The summed E-state index contributed by atoms with van der Waals surface area (Å²) in [6.07, 6.45) is 0. The molecule has 0 saturated heterocycles. The maximum absolute atomic E-state index is 5.12. The SMILES string of the molecule is c1ccc(-c2nc(-c3cccc(-c4cccc(-n5c6ccccc6c6ccccc65)c4)c3)nc(-c3ccc4c(-c5ccccc5)cccc4c3)n2)cc1. The van der Waals surface area contributed by atoms with Crippen LogP contribution in [-0.2, 0) is 0 Å². The van der Waals surface area contributed by atoms with Crippen molar-refractivity contribution in [2.45, 2.75) is 0 Å². The summed E-state index contributed by atoms with van der Waals surface area (Å²) in [4.78, 5) is 15.2. The number of hydrogen-bond donors (Lipinski definition) is 0. The predicted molar refractivity (Wildman–Crippen MR) is 219 cm³/mol. The van der Waals surface area contributed by atoms with Crippen LogP contribution in [0.3, 0.4) is 0 Å². The summed E-state index contributed by atoms with van der Waals surface area (Å²) in [5.74, 6) is 1.91. The molecule has 10 rings (SSSR count). The third-order valence-corrected chi connectivity index (χ3v) is 10.0. The standard InChI is InChI=1S/C49H32N4/c1-3-14-33(15-4-1)41-25-13-20-37-31-39(28-29-42(37)41)49-51-47(34-16-5-2-6-17-34)50-48(52-49)38-21-11-18-35(30-38)36-19-12-22-40(32-36)53-45-26-9-7-23-43(45)44-24-8-10-27-46(44)53/h1-32H. The zero-order valence-corrected chi connectivity index (χ0v) is 28.8. The molecule has 2 heterocycles. The Morgan fingerprint density at radius 3 is 1.51 bits per heavy atom. The number of fused-ring (bicyclic) bond motifs is 4. The molecule has 0 aliphatic heterocycles. The third kappa shape index (κ3) is 5.54. The Morgan fingerprint density at radius 2 is 0.811 bits per heavy atom. The number of hydrogen-bond acceptors (Lipinski definition) is 3. The van der Waals surface area contributed by atoms with Crippen molar-refractivity contribution in [3.05, 3.63) is 194 Å². The van der Waals surface area contributed by atoms with Crippen LogP contribution in [0.1, 0.15) is 0 Å². The smallest absolute Gasteiger partial charge is 0.164 e. The number of aromatic nitrogens is 4. The van der Waals surface area contributed by atoms with E-state index in [2.05, 4.69) is 168 Å². The highest BCUT2D eigenvalue weighted by Crippen LogP contribution is 2.35. The fraction of sp³-hybridized carbons (Fsp3) is 0. The van der Waals surface area contributed by atoms with E-state index >= 15 is 0 Å². The van der Waals surface area contributed by atoms with Crippen LogP contribution >= 0.6 is 0 Å². The molecule has 2 aromatic heterocycles. The van der Waals surface area contributed by atoms with E-state index in [-0.39, 0.29) is 0 Å². The van der Waals surface area contributed by atoms with Gasteiger partial charge in [0.1, 0.15) is 0 Å². The van der Waals surface area contributed by atoms with Crippen molar-refractivity contribution < 1.29 is 0 Å². The molecular formula is C49H32N4. The van der Waals surface area contributed by atoms with Crippen molar-refractivity contribution in [3.63, 3.8) is 0 Å². The molecule has 0 spiro atoms. The first kappa shape index (κ1) is 30.6. The van der Waals surface area contributed by atoms with Crippen LogP contribution in [0.15, 0.2) is 194 Å². The molecule has 10 aromatic rings. The zero-order chi connectivity index (χ0) is 35.1. The van der Waals surface area contributed by atoms with Gasteiger partial charge in [-0.2, -0.15) is 0 Å². The van der Waals surface area contributed by atoms with E-state index in [1.165, 1.54) is 38.3 Å². The van der Waals surface area contributed by atoms with Crippen LogP contribution in [0.5, 0.6) is 0 Å². The van der Waals surface area contributed by atoms with E-state index in [1.807, 2.05) is 30.3 Å². The van der Waals surface area contributed by atoms with Crippen molar-refractivity contribution in [2.75, 3.05) is 0 Å². The fourth-order valence-electron chi connectivity index (χ4n) is 7.51. The molecule has 0 radical (unpaired) electrons. The number of nitrogens with zero attached hydrogens (tertiary/aromatic N) is 4. The highest BCUT2D eigenvalue weighted by molar-refractivity contribution is 6.09. The van der Waals surface area contributed by atoms with Crippen molar-refractivity contribution in [1.82, 2.24) is 19.5 Å². The monoisotopic (exact) mass is 676 g/mol. The summed E-state index contributed by atoms with van der Waals surface area (Å²) >= 11 is 0. The average Bonchev–Trinajstić information content (AvgIpc) is 3.58. The summed E-state index contributed by atoms with van der Waals surface area (Å²) < 4.78 is 2.36. The van der Waals surface area contributed by atoms with Gasteiger partial charge in [0.25, 0.3) is 0 Å². The maximum atomic E-state index is 5.12. The molecule has 0 saturated carbocycles. The van der Waals surface area contributed by atoms with Crippen LogP contribution in [0.2, 0.25) is 0 Å². The molecule has 8 aromatic carbocycles. The van der Waals surface area contributed by atoms with Gasteiger partial charge in [0.05, 0.1) is 11.0 Å². The van der Waals surface area contributed by atoms with Gasteiger partial charge in [0.2, 0.25) is 0 Å². The normalized spacial score (nSPS) is 11.4. The Hall–Kier alpha value is -7.17. The summed E-state index contributed by atoms with van der Waals surface area (Å²) in [6.45, 7) is 0. The molecule has 0 N–H and O–H groups in total. The Kier molecular flexibility index (Phi) is 7.43. The quantitative estimate of drug-likeness (QED) is 0.176. The molecule has 0 aliphatic carbocycles. The molecule has 0 unspecified atom stereocenters. The average molecular weight is 677 g/mol. The van der Waals surface area contributed by atoms with Gasteiger partial charge in [-0.05, 0) is 69.4 Å². The summed E-state index contributed by atoms with van der Waals surface area (Å²) in [7, 11) is 0. The van der Waals surface area contributed by atoms with Gasteiger partial charge in [0.15, 0.2) is 17.5 Å². The van der Waals surface area contributed by atoms with Gasteiger partial charge in [-0.3, -0.25) is 0 Å². The Bertz CT molecular complexity index is 2890. The number of para-hydroxylation sites is 2. The second-order valence-electron chi connectivity index (χ2n) is 13.3. The molecular weight excluding hydrogens is 645 g/mol. The highest BCUT2D eigenvalue weighted by atomic mass is 15.0. The minimum Gasteiger partial charge on any atom is -0.309 e. The van der Waals surface area contributed by atoms with Gasteiger partial charge >= 0.3 is 0 Å². The van der Waals surface area contributed by atoms with Crippen molar-refractivity contribution in [3.8, 4) is 62.1 Å². The van der Waals surface area contributed by atoms with Crippen molar-refractivity contribution in [1.29, 1.82) is 0 Å². The Balaban J connectivity index is 1.08. The van der Waals surface area contributed by atoms with E-state index in [0.717, 1.165) is 38.9 Å². The van der Waals surface area contributed by atoms with E-state index < -0.39 is 0 Å². The highest BCUT2D eigenvalue weighted by Gasteiger charge is 2.16. The molecule has 0 bridgehead atoms. The minimum absolute atomic E-state index is 0.632. The maximum Gasteiger partial charge on any atom is 0.164 e. The second kappa shape index (κ2) is 12.9. The molecule has 0 amide bonds. The van der Waals surface area contributed by atoms with Gasteiger partial charge in [-0.15, -0.1) is 0 Å². The third-order valence-electron chi connectivity index (χ3n) is 10.0. The Labute approximate surface area is 307 Å². The van der Waals surface area contributed by atoms with Crippen molar-refractivity contribution >= 4 is 32.6 Å². The first-order valence-corrected chi connectivity index (χ1v) is 17.9. The van der Waals surface area contributed by atoms with Gasteiger partial charge in [-0.1, -0.05) is 158 Å².